The van der Waals surface area contributed by atoms with Gasteiger partial charge in [-0.15, -0.1) is 0 Å². The van der Waals surface area contributed by atoms with E-state index in [4.69, 9.17) is 25.8 Å². The Kier molecular flexibility index (Phi) is 7.73. The van der Waals surface area contributed by atoms with Crippen molar-refractivity contribution in [2.45, 2.75) is 6.61 Å². The molecule has 32 heavy (non-hydrogen) atoms. The third-order valence-corrected chi connectivity index (χ3v) is 5.66. The Bertz CT molecular complexity index is 1070. The molecule has 2 aromatic rings. The smallest absolute Gasteiger partial charge is 0.293 e. The first kappa shape index (κ1) is 23.6. The number of halogens is 1. The topological polar surface area (TPSA) is 108 Å². The number of benzene rings is 2. The van der Waals surface area contributed by atoms with E-state index in [-0.39, 0.29) is 46.4 Å². The van der Waals surface area contributed by atoms with Crippen LogP contribution in [-0.2, 0) is 16.1 Å². The predicted molar refractivity (Wildman–Crippen MR) is 120 cm³/mol. The minimum absolute atomic E-state index is 0.0136. The summed E-state index contributed by atoms with van der Waals surface area (Å²) in [6, 6.07) is 9.19. The van der Waals surface area contributed by atoms with Crippen LogP contribution < -0.4 is 9.47 Å². The van der Waals surface area contributed by atoms with E-state index in [1.54, 1.807) is 30.3 Å². The van der Waals surface area contributed by atoms with E-state index < -0.39 is 10.8 Å². The van der Waals surface area contributed by atoms with Crippen LogP contribution in [0.5, 0.6) is 11.5 Å². The lowest BCUT2D eigenvalue weighted by Gasteiger charge is -2.14. The van der Waals surface area contributed by atoms with Gasteiger partial charge in [0.1, 0.15) is 6.61 Å². The molecular weight excluding hydrogens is 460 g/mol. The average molecular weight is 479 g/mol. The molecule has 2 amide bonds. The number of non-ortho nitro benzene ring substituents is 1. The van der Waals surface area contributed by atoms with Crippen LogP contribution in [0.3, 0.4) is 0 Å². The van der Waals surface area contributed by atoms with Crippen LogP contribution in [0, 0.1) is 10.1 Å². The van der Waals surface area contributed by atoms with Crippen molar-refractivity contribution in [1.29, 1.82) is 0 Å². The van der Waals surface area contributed by atoms with Crippen molar-refractivity contribution in [3.05, 3.63) is 67.6 Å². The Balaban J connectivity index is 1.77. The number of imide groups is 1. The van der Waals surface area contributed by atoms with Crippen molar-refractivity contribution in [1.82, 2.24) is 4.90 Å². The molecule has 0 radical (unpaired) electrons. The van der Waals surface area contributed by atoms with Crippen molar-refractivity contribution in [2.75, 3.05) is 27.4 Å². The highest BCUT2D eigenvalue weighted by atomic mass is 35.5. The van der Waals surface area contributed by atoms with Crippen LogP contribution >= 0.6 is 23.4 Å². The van der Waals surface area contributed by atoms with Gasteiger partial charge in [-0.05, 0) is 53.2 Å². The first-order valence-electron chi connectivity index (χ1n) is 9.32. The molecule has 1 aliphatic heterocycles. The summed E-state index contributed by atoms with van der Waals surface area (Å²) in [6.07, 6.45) is 1.56. The molecule has 0 N–H and O–H groups in total. The Morgan fingerprint density at radius 3 is 2.53 bits per heavy atom. The number of carbonyl (C=O) groups excluding carboxylic acids is 2. The van der Waals surface area contributed by atoms with Crippen LogP contribution in [0.25, 0.3) is 6.08 Å². The molecule has 0 atom stereocenters. The zero-order valence-electron chi connectivity index (χ0n) is 17.2. The molecule has 168 valence electrons. The zero-order valence-corrected chi connectivity index (χ0v) is 18.8. The number of methoxy groups -OCH3 is 2. The molecule has 0 spiro atoms. The maximum atomic E-state index is 12.5. The molecule has 3 rings (SSSR count). The van der Waals surface area contributed by atoms with Crippen molar-refractivity contribution >= 4 is 46.3 Å². The van der Waals surface area contributed by atoms with Crippen LogP contribution in [-0.4, -0.2) is 48.3 Å². The molecule has 1 aliphatic rings. The van der Waals surface area contributed by atoms with Crippen molar-refractivity contribution in [3.63, 3.8) is 0 Å². The van der Waals surface area contributed by atoms with Crippen molar-refractivity contribution in [2.24, 2.45) is 0 Å². The van der Waals surface area contributed by atoms with Crippen molar-refractivity contribution < 1.29 is 28.7 Å². The largest absolute Gasteiger partial charge is 0.493 e. The SMILES string of the molecule is COCCN1C(=O)SC(=Cc2cc(Cl)c(OCc3ccc([N+](=O)[O-])cc3)c(OC)c2)C1=O. The Morgan fingerprint density at radius 2 is 1.91 bits per heavy atom. The number of ether oxygens (including phenoxy) is 3. The quantitative estimate of drug-likeness (QED) is 0.294. The summed E-state index contributed by atoms with van der Waals surface area (Å²) in [7, 11) is 2.95. The molecule has 0 saturated carbocycles. The fourth-order valence-electron chi connectivity index (χ4n) is 2.86. The van der Waals surface area contributed by atoms with Gasteiger partial charge in [-0.2, -0.15) is 0 Å². The van der Waals surface area contributed by atoms with E-state index in [9.17, 15) is 19.7 Å². The molecule has 1 heterocycles. The maximum absolute atomic E-state index is 12.5. The molecule has 11 heteroatoms. The third kappa shape index (κ3) is 5.39. The van der Waals surface area contributed by atoms with E-state index in [1.807, 2.05) is 0 Å². The minimum atomic E-state index is -0.477. The standard InChI is InChI=1S/C21H19ClN2O7S/c1-29-8-7-23-20(25)18(32-21(23)26)11-14-9-16(22)19(17(10-14)30-2)31-12-13-3-5-15(6-4-13)24(27)28/h3-6,9-11H,7-8,12H2,1-2H3. The van der Waals surface area contributed by atoms with E-state index in [1.165, 1.54) is 26.4 Å². The molecular formula is C21H19ClN2O7S. The molecule has 9 nitrogen and oxygen atoms in total. The fourth-order valence-corrected chi connectivity index (χ4v) is 4.00. The molecule has 0 unspecified atom stereocenters. The molecule has 0 aliphatic carbocycles. The fraction of sp³-hybridized carbons (Fsp3) is 0.238. The number of nitro benzene ring substituents is 1. The van der Waals surface area contributed by atoms with Crippen LogP contribution in [0.15, 0.2) is 41.3 Å². The predicted octanol–water partition coefficient (Wildman–Crippen LogP) is 4.52. The summed E-state index contributed by atoms with van der Waals surface area (Å²) in [5, 5.41) is 10.6. The second-order valence-corrected chi connectivity index (χ2v) is 7.97. The highest BCUT2D eigenvalue weighted by Crippen LogP contribution is 2.39. The van der Waals surface area contributed by atoms with Gasteiger partial charge in [-0.3, -0.25) is 24.6 Å². The summed E-state index contributed by atoms with van der Waals surface area (Å²) >= 11 is 7.23. The minimum Gasteiger partial charge on any atom is -0.493 e. The van der Waals surface area contributed by atoms with Gasteiger partial charge in [0.15, 0.2) is 11.5 Å². The second-order valence-electron chi connectivity index (χ2n) is 6.57. The Hall–Kier alpha value is -3.08. The summed E-state index contributed by atoms with van der Waals surface area (Å²) in [4.78, 5) is 36.2. The first-order chi connectivity index (χ1) is 15.3. The summed E-state index contributed by atoms with van der Waals surface area (Å²) in [5.41, 5.74) is 1.26. The summed E-state index contributed by atoms with van der Waals surface area (Å²) < 4.78 is 16.1. The molecule has 0 aromatic heterocycles. The highest BCUT2D eigenvalue weighted by molar-refractivity contribution is 8.18. The normalized spacial score (nSPS) is 14.8. The van der Waals surface area contributed by atoms with Gasteiger partial charge >= 0.3 is 0 Å². The lowest BCUT2D eigenvalue weighted by atomic mass is 10.1. The lowest BCUT2D eigenvalue weighted by Crippen LogP contribution is -2.31. The van der Waals surface area contributed by atoms with Gasteiger partial charge < -0.3 is 14.2 Å². The molecule has 1 saturated heterocycles. The summed E-state index contributed by atoms with van der Waals surface area (Å²) in [6.45, 7) is 0.551. The van der Waals surface area contributed by atoms with Crippen LogP contribution in [0.2, 0.25) is 5.02 Å². The number of thioether (sulfide) groups is 1. The number of carbonyl (C=O) groups is 2. The number of rotatable bonds is 9. The second kappa shape index (κ2) is 10.5. The van der Waals surface area contributed by atoms with Gasteiger partial charge in [0.05, 0.1) is 35.1 Å². The van der Waals surface area contributed by atoms with Gasteiger partial charge in [0.25, 0.3) is 16.8 Å². The third-order valence-electron chi connectivity index (χ3n) is 4.47. The van der Waals surface area contributed by atoms with Gasteiger partial charge in [-0.25, -0.2) is 0 Å². The first-order valence-corrected chi connectivity index (χ1v) is 10.5. The Morgan fingerprint density at radius 1 is 1.19 bits per heavy atom. The number of nitrogens with zero attached hydrogens (tertiary/aromatic N) is 2. The zero-order chi connectivity index (χ0) is 23.3. The van der Waals surface area contributed by atoms with Crippen molar-refractivity contribution in [3.8, 4) is 11.5 Å². The molecule has 0 bridgehead atoms. The van der Waals surface area contributed by atoms with E-state index in [2.05, 4.69) is 0 Å². The van der Waals surface area contributed by atoms with E-state index in [0.717, 1.165) is 16.7 Å². The van der Waals surface area contributed by atoms with Gasteiger partial charge in [0, 0.05) is 19.2 Å². The highest BCUT2D eigenvalue weighted by Gasteiger charge is 2.34. The number of amides is 2. The molecule has 1 fully saturated rings. The monoisotopic (exact) mass is 478 g/mol. The summed E-state index contributed by atoms with van der Waals surface area (Å²) in [5.74, 6) is 0.229. The Labute approximate surface area is 193 Å². The average Bonchev–Trinajstić information content (AvgIpc) is 3.03. The molecule has 2 aromatic carbocycles. The van der Waals surface area contributed by atoms with Gasteiger partial charge in [0.2, 0.25) is 0 Å². The van der Waals surface area contributed by atoms with E-state index >= 15 is 0 Å². The van der Waals surface area contributed by atoms with Gasteiger partial charge in [-0.1, -0.05) is 11.6 Å². The van der Waals surface area contributed by atoms with Crippen LogP contribution in [0.4, 0.5) is 10.5 Å². The maximum Gasteiger partial charge on any atom is 0.293 e. The van der Waals surface area contributed by atoms with Crippen LogP contribution in [0.1, 0.15) is 11.1 Å². The number of nitro groups is 1. The lowest BCUT2D eigenvalue weighted by molar-refractivity contribution is -0.384. The van der Waals surface area contributed by atoms with E-state index in [0.29, 0.717) is 16.9 Å². The number of hydrogen-bond acceptors (Lipinski definition) is 8. The number of hydrogen-bond donors (Lipinski definition) is 0.